The molecule has 14 rings (SSSR count). The fourth-order valence-corrected chi connectivity index (χ4v) is 12.3. The van der Waals surface area contributed by atoms with Crippen molar-refractivity contribution in [2.45, 2.75) is 67.2 Å². The molecule has 130 heavy (non-hydrogen) atoms. The second kappa shape index (κ2) is 53.1. The molecule has 0 aliphatic rings. The third kappa shape index (κ3) is 34.8. The van der Waals surface area contributed by atoms with Crippen LogP contribution in [0.15, 0.2) is 328 Å². The van der Waals surface area contributed by atoms with Crippen molar-refractivity contribution in [3.05, 3.63) is 491 Å². The highest BCUT2D eigenvalue weighted by atomic mass is 19.4. The van der Waals surface area contributed by atoms with Gasteiger partial charge in [0.15, 0.2) is 0 Å². The quantitative estimate of drug-likeness (QED) is 0.0250. The molecule has 14 aromatic carbocycles. The van der Waals surface area contributed by atoms with Crippen LogP contribution < -0.4 is 14.2 Å². The minimum absolute atomic E-state index is 0.0185. The Kier molecular flexibility index (Phi) is 40.8. The fraction of sp³-hybridized carbons (Fsp3) is 0.117. The number of halogens is 3. The van der Waals surface area contributed by atoms with E-state index in [0.717, 1.165) is 135 Å². The lowest BCUT2D eigenvalue weighted by Crippen LogP contribution is -2.04. The largest absolute Gasteiger partial charge is 0.496 e. The molecule has 0 radical (unpaired) electrons. The molecule has 0 spiro atoms. The van der Waals surface area contributed by atoms with Crippen LogP contribution in [0, 0.1) is 65.0 Å². The van der Waals surface area contributed by atoms with E-state index in [1.807, 2.05) is 282 Å². The SMILES string of the molecule is COc1c(/C=C/c2ccc(C)cc2)cccc1CO.COc1c(/C=C/c2ccc(C)cc2)cccc1CO.COc1cc(/C=C/c2ccc(CO)cc2)ccc1C.Cc1ccc(/C=C/c2cccc(C(F)(F)F)c2)cc1.Cc1ccc(/C=C/c2cccc([N+](=O)[O-])c2)cc1.O=[N+]([O-])c1cccc(/C=C/c2ccc(CO)cc2)c1.O=[N+]([O-])c1cccc(/C=C/c2ccccc2)c1. The first-order valence-corrected chi connectivity index (χ1v) is 41.3. The number of methoxy groups -OCH3 is 3. The zero-order valence-electron chi connectivity index (χ0n) is 73.5. The van der Waals surface area contributed by atoms with Gasteiger partial charge in [-0.3, -0.25) is 30.3 Å². The average Bonchev–Trinajstić information content (AvgIpc) is 0.777. The van der Waals surface area contributed by atoms with E-state index >= 15 is 0 Å². The van der Waals surface area contributed by atoms with Crippen LogP contribution in [0.4, 0.5) is 30.2 Å². The van der Waals surface area contributed by atoms with Crippen LogP contribution in [0.2, 0.25) is 0 Å². The minimum Gasteiger partial charge on any atom is -0.496 e. The van der Waals surface area contributed by atoms with Gasteiger partial charge in [-0.05, 0) is 136 Å². The van der Waals surface area contributed by atoms with Crippen molar-refractivity contribution in [2.75, 3.05) is 21.3 Å². The summed E-state index contributed by atoms with van der Waals surface area (Å²) < 4.78 is 53.7. The Labute approximate surface area is 757 Å². The number of para-hydroxylation sites is 2. The number of benzene rings is 14. The molecule has 0 bridgehead atoms. The molecule has 0 aliphatic heterocycles. The molecule has 662 valence electrons. The highest BCUT2D eigenvalue weighted by Gasteiger charge is 2.30. The third-order valence-electron chi connectivity index (χ3n) is 19.6. The Morgan fingerprint density at radius 2 is 0.538 bits per heavy atom. The summed E-state index contributed by atoms with van der Waals surface area (Å²) in [7, 11) is 4.93. The van der Waals surface area contributed by atoms with E-state index in [1.165, 1.54) is 47.0 Å². The third-order valence-corrected chi connectivity index (χ3v) is 19.6. The lowest BCUT2D eigenvalue weighted by atomic mass is 10.1. The van der Waals surface area contributed by atoms with Crippen LogP contribution in [0.3, 0.4) is 0 Å². The Morgan fingerprint density at radius 1 is 0.277 bits per heavy atom. The molecule has 0 aliphatic carbocycles. The van der Waals surface area contributed by atoms with Gasteiger partial charge in [-0.1, -0.05) is 380 Å². The highest BCUT2D eigenvalue weighted by molar-refractivity contribution is 5.77. The zero-order valence-corrected chi connectivity index (χ0v) is 73.5. The zero-order chi connectivity index (χ0) is 93.6. The van der Waals surface area contributed by atoms with Gasteiger partial charge < -0.3 is 34.6 Å². The molecule has 4 N–H and O–H groups in total. The molecule has 0 saturated heterocycles. The highest BCUT2D eigenvalue weighted by Crippen LogP contribution is 2.32. The van der Waals surface area contributed by atoms with Crippen molar-refractivity contribution in [3.8, 4) is 17.2 Å². The van der Waals surface area contributed by atoms with Gasteiger partial charge in [-0.25, -0.2) is 0 Å². The van der Waals surface area contributed by atoms with Gasteiger partial charge in [0.25, 0.3) is 17.1 Å². The van der Waals surface area contributed by atoms with E-state index in [-0.39, 0.29) is 53.3 Å². The van der Waals surface area contributed by atoms with Crippen LogP contribution in [0.5, 0.6) is 17.2 Å². The Balaban J connectivity index is 0.000000187. The molecule has 0 atom stereocenters. The molecule has 0 fully saturated rings. The monoisotopic (exact) mass is 1740 g/mol. The summed E-state index contributed by atoms with van der Waals surface area (Å²) in [5.41, 5.74) is 22.5. The summed E-state index contributed by atoms with van der Waals surface area (Å²) in [5.74, 6) is 2.36. The molecule has 14 aromatic rings. The van der Waals surface area contributed by atoms with Crippen molar-refractivity contribution in [2.24, 2.45) is 0 Å². The molecule has 19 heteroatoms. The number of aliphatic hydroxyl groups excluding tert-OH is 4. The van der Waals surface area contributed by atoms with Gasteiger partial charge in [-0.15, -0.1) is 0 Å². The predicted octanol–water partition coefficient (Wildman–Crippen LogP) is 27.3. The number of nitro benzene ring substituents is 3. The van der Waals surface area contributed by atoms with Crippen molar-refractivity contribution in [1.82, 2.24) is 0 Å². The van der Waals surface area contributed by atoms with E-state index in [2.05, 4.69) is 74.5 Å². The van der Waals surface area contributed by atoms with Gasteiger partial charge in [0, 0.05) is 58.7 Å². The van der Waals surface area contributed by atoms with Gasteiger partial charge in [0.05, 0.1) is 68.1 Å². The molecule has 0 aromatic heterocycles. The standard InChI is InChI=1S/3C17H18O2.C16H13F3.C15H13NO3.C15H13NO2.C14H11NO2/c1-13-3-4-15(11-17(13)19-2)8-5-14-6-9-16(12-18)10-7-14;2*1-13-6-8-14(9-7-13)10-11-15-4-3-5-16(12-18)17(15)19-2;1-12-5-7-13(8-6-12)9-10-14-3-2-4-15(11-14)16(17,18)19;17-11-14-8-5-12(6-9-14)4-7-13-2-1-3-15(10-13)16(18)19;1-12-5-7-13(8-6-12)9-10-14-3-2-4-15(11-14)16(17)18;16-15(17)14-8-4-7-13(11-14)10-9-12-5-2-1-3-6-12/h3*3-11,18H,12H2,1-2H3;2-11H,1H3;1-10,17H,11H2;2-11H,1H3;1-11H/b8-5+;2*11-10+;10-9+;7-4+;2*10-9+. The number of aryl methyl sites for hydroxylation is 5. The summed E-state index contributed by atoms with van der Waals surface area (Å²) in [6, 6.07) is 100. The van der Waals surface area contributed by atoms with E-state index in [1.54, 1.807) is 69.9 Å². The van der Waals surface area contributed by atoms with Gasteiger partial charge in [-0.2, -0.15) is 13.2 Å². The van der Waals surface area contributed by atoms with Crippen molar-refractivity contribution >= 4 is 102 Å². The maximum absolute atomic E-state index is 12.6. The number of hydrogen-bond donors (Lipinski definition) is 4. The number of alkyl halides is 3. The number of rotatable bonds is 24. The van der Waals surface area contributed by atoms with Crippen LogP contribution in [0.1, 0.15) is 134 Å². The van der Waals surface area contributed by atoms with Crippen LogP contribution in [-0.4, -0.2) is 56.5 Å². The van der Waals surface area contributed by atoms with Gasteiger partial charge >= 0.3 is 6.18 Å². The predicted molar refractivity (Wildman–Crippen MR) is 525 cm³/mol. The molecule has 0 unspecified atom stereocenters. The molecular weight excluding hydrogens is 1640 g/mol. The molecule has 0 amide bonds. The maximum Gasteiger partial charge on any atom is 0.416 e. The fourth-order valence-electron chi connectivity index (χ4n) is 12.3. The summed E-state index contributed by atoms with van der Waals surface area (Å²) >= 11 is 0. The van der Waals surface area contributed by atoms with Crippen molar-refractivity contribution < 1.29 is 62.6 Å². The minimum atomic E-state index is -4.30. The van der Waals surface area contributed by atoms with Crippen LogP contribution in [-0.2, 0) is 32.6 Å². The second-order valence-electron chi connectivity index (χ2n) is 29.5. The lowest BCUT2D eigenvalue weighted by molar-refractivity contribution is -0.385. The van der Waals surface area contributed by atoms with Crippen LogP contribution >= 0.6 is 0 Å². The van der Waals surface area contributed by atoms with Crippen molar-refractivity contribution in [1.29, 1.82) is 0 Å². The average molecular weight is 1750 g/mol. The summed E-state index contributed by atoms with van der Waals surface area (Å²) in [4.78, 5) is 30.7. The Morgan fingerprint density at radius 3 is 0.831 bits per heavy atom. The first-order chi connectivity index (χ1) is 62.7. The Hall–Kier alpha value is -15.5. The van der Waals surface area contributed by atoms with E-state index < -0.39 is 16.7 Å². The topological polar surface area (TPSA) is 238 Å². The number of aliphatic hydroxyl groups is 4. The number of non-ortho nitro benzene ring substituents is 3. The number of ether oxygens (including phenoxy) is 3. The summed E-state index contributed by atoms with van der Waals surface area (Å²) in [6.07, 6.45) is 22.7. The number of hydrogen-bond acceptors (Lipinski definition) is 13. The first kappa shape index (κ1) is 99.9. The number of nitrogens with zero attached hydrogens (tertiary/aromatic N) is 3. The smallest absolute Gasteiger partial charge is 0.416 e. The maximum atomic E-state index is 12.6. The molecule has 0 heterocycles. The molecule has 16 nitrogen and oxygen atoms in total. The second-order valence-corrected chi connectivity index (χ2v) is 29.5. The molecular formula is C111H104F3N3O13. The summed E-state index contributed by atoms with van der Waals surface area (Å²) in [6.45, 7) is 10.3. The van der Waals surface area contributed by atoms with Crippen LogP contribution in [0.25, 0.3) is 85.1 Å². The van der Waals surface area contributed by atoms with Crippen molar-refractivity contribution in [3.63, 3.8) is 0 Å². The summed E-state index contributed by atoms with van der Waals surface area (Å²) in [5, 5.41) is 68.4. The van der Waals surface area contributed by atoms with E-state index in [9.17, 15) is 53.7 Å². The lowest BCUT2D eigenvalue weighted by Gasteiger charge is -2.09. The number of nitro groups is 3. The Bertz CT molecular complexity index is 6040. The normalized spacial score (nSPS) is 11.0. The van der Waals surface area contributed by atoms with Gasteiger partial charge in [0.1, 0.15) is 17.2 Å². The van der Waals surface area contributed by atoms with Gasteiger partial charge in [0.2, 0.25) is 0 Å². The van der Waals surface area contributed by atoms with E-state index in [4.69, 9.17) is 24.4 Å². The first-order valence-electron chi connectivity index (χ1n) is 41.3. The molecule has 0 saturated carbocycles. The van der Waals surface area contributed by atoms with E-state index in [0.29, 0.717) is 5.56 Å².